The highest BCUT2D eigenvalue weighted by Gasteiger charge is 2.40. The van der Waals surface area contributed by atoms with Crippen LogP contribution in [0.3, 0.4) is 0 Å². The Kier molecular flexibility index (Phi) is 6.51. The molecule has 0 aromatic carbocycles. The van der Waals surface area contributed by atoms with E-state index in [-0.39, 0.29) is 0 Å². The van der Waals surface area contributed by atoms with Gasteiger partial charge in [0.25, 0.3) is 0 Å². The lowest BCUT2D eigenvalue weighted by atomic mass is 10.2. The van der Waals surface area contributed by atoms with E-state index in [2.05, 4.69) is 10.3 Å². The largest absolute Gasteiger partial charge is 0.403 e. The van der Waals surface area contributed by atoms with Crippen molar-refractivity contribution in [3.05, 3.63) is 0 Å². The fourth-order valence-corrected chi connectivity index (χ4v) is 2.13. The summed E-state index contributed by atoms with van der Waals surface area (Å²) in [4.78, 5) is 7.39. The third kappa shape index (κ3) is 4.81. The predicted molar refractivity (Wildman–Crippen MR) is 70.6 cm³/mol. The van der Waals surface area contributed by atoms with Crippen molar-refractivity contribution >= 4 is 5.96 Å². The van der Waals surface area contributed by atoms with Crippen molar-refractivity contribution in [3.63, 3.8) is 0 Å². The van der Waals surface area contributed by atoms with Gasteiger partial charge in [0.2, 0.25) is 0 Å². The van der Waals surface area contributed by atoms with E-state index >= 15 is 0 Å². The van der Waals surface area contributed by atoms with Crippen molar-refractivity contribution in [2.45, 2.75) is 25.6 Å². The predicted octanol–water partition coefficient (Wildman–Crippen LogP) is 1.49. The molecule has 0 aromatic rings. The van der Waals surface area contributed by atoms with Crippen molar-refractivity contribution < 1.29 is 17.6 Å². The minimum absolute atomic E-state index is 0.338. The van der Waals surface area contributed by atoms with Crippen LogP contribution in [-0.2, 0) is 0 Å². The number of hydrogen-bond donors (Lipinski definition) is 1. The molecule has 4 nitrogen and oxygen atoms in total. The molecular weight excluding hydrogens is 276 g/mol. The maximum atomic E-state index is 12.6. The van der Waals surface area contributed by atoms with E-state index in [0.717, 1.165) is 0 Å². The molecule has 1 N–H and O–H groups in total. The van der Waals surface area contributed by atoms with Crippen molar-refractivity contribution in [1.29, 1.82) is 0 Å². The quantitative estimate of drug-likeness (QED) is 0.369. The molecule has 1 heterocycles. The molecule has 0 aliphatic carbocycles. The van der Waals surface area contributed by atoms with Crippen LogP contribution in [0.5, 0.6) is 0 Å². The zero-order valence-electron chi connectivity index (χ0n) is 11.9. The zero-order chi connectivity index (χ0) is 15.2. The highest BCUT2D eigenvalue weighted by atomic mass is 19.4. The first-order valence-corrected chi connectivity index (χ1v) is 6.72. The number of nitrogens with one attached hydrogen (secondary N) is 1. The van der Waals surface area contributed by atoms with Gasteiger partial charge in [0.05, 0.1) is 6.67 Å². The summed E-state index contributed by atoms with van der Waals surface area (Å²) < 4.78 is 49.9. The van der Waals surface area contributed by atoms with Gasteiger partial charge in [-0.2, -0.15) is 13.2 Å². The topological polar surface area (TPSA) is 30.9 Å². The van der Waals surface area contributed by atoms with Gasteiger partial charge in [-0.25, -0.2) is 0 Å². The third-order valence-corrected chi connectivity index (χ3v) is 3.44. The first kappa shape index (κ1) is 17.0. The Balaban J connectivity index is 2.44. The molecule has 1 saturated heterocycles. The molecule has 0 amide bonds. The number of halogens is 4. The second-order valence-corrected chi connectivity index (χ2v) is 4.76. The van der Waals surface area contributed by atoms with E-state index in [4.69, 9.17) is 0 Å². The van der Waals surface area contributed by atoms with Gasteiger partial charge in [0.15, 0.2) is 5.96 Å². The van der Waals surface area contributed by atoms with Crippen LogP contribution in [0.1, 0.15) is 13.3 Å². The van der Waals surface area contributed by atoms with Gasteiger partial charge in [-0.3, -0.25) is 14.3 Å². The van der Waals surface area contributed by atoms with Crippen LogP contribution >= 0.6 is 0 Å². The van der Waals surface area contributed by atoms with E-state index in [1.54, 1.807) is 7.05 Å². The molecule has 8 heteroatoms. The van der Waals surface area contributed by atoms with Gasteiger partial charge in [-0.1, -0.05) is 0 Å². The molecule has 1 fully saturated rings. The van der Waals surface area contributed by atoms with E-state index in [0.29, 0.717) is 45.1 Å². The van der Waals surface area contributed by atoms with Crippen LogP contribution in [0.2, 0.25) is 0 Å². The highest BCUT2D eigenvalue weighted by Crippen LogP contribution is 2.25. The monoisotopic (exact) mass is 298 g/mol. The van der Waals surface area contributed by atoms with Crippen LogP contribution < -0.4 is 5.32 Å². The standard InChI is InChI=1S/C12H22F4N4/c1-10(12(14,15)16)19-6-8-20(9-7-19)11(17-2)18-5-3-4-13/h10H,3-9H2,1-2H3,(H,17,18). The van der Waals surface area contributed by atoms with Gasteiger partial charge in [0.1, 0.15) is 6.04 Å². The second-order valence-electron chi connectivity index (χ2n) is 4.76. The minimum atomic E-state index is -4.19. The lowest BCUT2D eigenvalue weighted by molar-refractivity contribution is -0.181. The van der Waals surface area contributed by atoms with Gasteiger partial charge in [-0.15, -0.1) is 0 Å². The van der Waals surface area contributed by atoms with Crippen molar-refractivity contribution in [2.75, 3.05) is 46.4 Å². The van der Waals surface area contributed by atoms with Gasteiger partial charge < -0.3 is 10.2 Å². The molecule has 118 valence electrons. The summed E-state index contributed by atoms with van der Waals surface area (Å²) in [7, 11) is 1.61. The summed E-state index contributed by atoms with van der Waals surface area (Å²) in [5.41, 5.74) is 0. The molecule has 0 radical (unpaired) electrons. The van der Waals surface area contributed by atoms with E-state index < -0.39 is 18.9 Å². The maximum absolute atomic E-state index is 12.6. The maximum Gasteiger partial charge on any atom is 0.403 e. The average molecular weight is 298 g/mol. The van der Waals surface area contributed by atoms with Gasteiger partial charge in [0, 0.05) is 39.8 Å². The number of guanidine groups is 1. The summed E-state index contributed by atoms with van der Waals surface area (Å²) in [5, 5.41) is 3.01. The number of rotatable bonds is 4. The van der Waals surface area contributed by atoms with Crippen LogP contribution in [0, 0.1) is 0 Å². The Hall–Kier alpha value is -1.05. The summed E-state index contributed by atoms with van der Waals surface area (Å²) in [5.74, 6) is 0.623. The summed E-state index contributed by atoms with van der Waals surface area (Å²) in [6, 6.07) is -1.42. The Morgan fingerprint density at radius 2 is 1.85 bits per heavy atom. The normalized spacial score (nSPS) is 20.1. The van der Waals surface area contributed by atoms with Crippen molar-refractivity contribution in [2.24, 2.45) is 4.99 Å². The highest BCUT2D eigenvalue weighted by molar-refractivity contribution is 5.79. The molecular formula is C12H22F4N4. The van der Waals surface area contributed by atoms with Crippen LogP contribution in [0.25, 0.3) is 0 Å². The number of alkyl halides is 4. The molecule has 1 aliphatic heterocycles. The Labute approximate surface area is 116 Å². The van der Waals surface area contributed by atoms with Crippen molar-refractivity contribution in [1.82, 2.24) is 15.1 Å². The van der Waals surface area contributed by atoms with E-state index in [1.807, 2.05) is 4.90 Å². The number of nitrogens with zero attached hydrogens (tertiary/aromatic N) is 3. The Morgan fingerprint density at radius 3 is 2.30 bits per heavy atom. The fraction of sp³-hybridized carbons (Fsp3) is 0.917. The number of hydrogen-bond acceptors (Lipinski definition) is 2. The second kappa shape index (κ2) is 7.66. The molecule has 0 aromatic heterocycles. The SMILES string of the molecule is CN=C(NCCCF)N1CCN(C(C)C(F)(F)F)CC1. The number of piperazine rings is 1. The zero-order valence-corrected chi connectivity index (χ0v) is 11.9. The third-order valence-electron chi connectivity index (χ3n) is 3.44. The van der Waals surface area contributed by atoms with Crippen LogP contribution in [0.4, 0.5) is 17.6 Å². The summed E-state index contributed by atoms with van der Waals surface area (Å²) >= 11 is 0. The molecule has 1 aliphatic rings. The summed E-state index contributed by atoms with van der Waals surface area (Å²) in [6.07, 6.45) is -3.80. The Bertz CT molecular complexity index is 311. The van der Waals surface area contributed by atoms with E-state index in [9.17, 15) is 17.6 Å². The van der Waals surface area contributed by atoms with Gasteiger partial charge in [-0.05, 0) is 13.3 Å². The smallest absolute Gasteiger partial charge is 0.356 e. The van der Waals surface area contributed by atoms with Gasteiger partial charge >= 0.3 is 6.18 Å². The molecule has 0 saturated carbocycles. The summed E-state index contributed by atoms with van der Waals surface area (Å²) in [6.45, 7) is 2.90. The lowest BCUT2D eigenvalue weighted by Crippen LogP contribution is -2.56. The lowest BCUT2D eigenvalue weighted by Gasteiger charge is -2.39. The van der Waals surface area contributed by atoms with Crippen LogP contribution in [-0.4, -0.2) is 74.4 Å². The minimum Gasteiger partial charge on any atom is -0.356 e. The molecule has 0 spiro atoms. The van der Waals surface area contributed by atoms with E-state index in [1.165, 1.54) is 11.8 Å². The molecule has 1 atom stereocenters. The fourth-order valence-electron chi connectivity index (χ4n) is 2.13. The average Bonchev–Trinajstić information content (AvgIpc) is 2.42. The molecule has 1 unspecified atom stereocenters. The van der Waals surface area contributed by atoms with Crippen molar-refractivity contribution in [3.8, 4) is 0 Å². The van der Waals surface area contributed by atoms with Crippen LogP contribution in [0.15, 0.2) is 4.99 Å². The first-order valence-electron chi connectivity index (χ1n) is 6.72. The first-order chi connectivity index (χ1) is 9.40. The number of aliphatic imine (C=N–C) groups is 1. The Morgan fingerprint density at radius 1 is 1.25 bits per heavy atom. The molecule has 20 heavy (non-hydrogen) atoms. The molecule has 0 bridgehead atoms. The molecule has 1 rings (SSSR count).